The number of carbonyl (C=O) groups is 1. The van der Waals surface area contributed by atoms with Gasteiger partial charge in [-0.15, -0.1) is 0 Å². The number of rotatable bonds is 5. The summed E-state index contributed by atoms with van der Waals surface area (Å²) in [5.74, 6) is -1.33. The van der Waals surface area contributed by atoms with Crippen LogP contribution < -0.4 is 5.11 Å². The Morgan fingerprint density at radius 3 is 1.20 bits per heavy atom. The van der Waals surface area contributed by atoms with Crippen LogP contribution in [0, 0.1) is 5.92 Å². The second-order valence-electron chi connectivity index (χ2n) is 4.08. The van der Waals surface area contributed by atoms with Crippen LogP contribution >= 0.6 is 0 Å². The van der Waals surface area contributed by atoms with Gasteiger partial charge in [-0.25, -0.2) is 0 Å². The molecule has 0 aromatic carbocycles. The smallest absolute Gasteiger partial charge is 0.0757 e. The van der Waals surface area contributed by atoms with Crippen molar-refractivity contribution in [1.29, 1.82) is 0 Å². The summed E-state index contributed by atoms with van der Waals surface area (Å²) < 4.78 is 1.28. The van der Waals surface area contributed by atoms with Gasteiger partial charge < -0.3 is 14.4 Å². The first-order chi connectivity index (χ1) is 6.89. The quantitative estimate of drug-likeness (QED) is 0.651. The van der Waals surface area contributed by atoms with Crippen molar-refractivity contribution in [3.05, 3.63) is 0 Å². The Labute approximate surface area is 94.7 Å². The molecule has 0 aliphatic carbocycles. The van der Waals surface area contributed by atoms with E-state index in [0.29, 0.717) is 0 Å². The average Bonchev–Trinajstić information content (AvgIpc) is 2.23. The fraction of sp³-hybridized carbons (Fsp3) is 0.917. The van der Waals surface area contributed by atoms with Crippen LogP contribution in [-0.2, 0) is 4.79 Å². The highest BCUT2D eigenvalue weighted by Crippen LogP contribution is 2.03. The van der Waals surface area contributed by atoms with Crippen molar-refractivity contribution in [2.24, 2.45) is 5.92 Å². The molecule has 0 bridgehead atoms. The van der Waals surface area contributed by atoms with Gasteiger partial charge in [-0.05, 0) is 33.6 Å². The molecule has 15 heavy (non-hydrogen) atoms. The molecule has 0 heterocycles. The Kier molecular flexibility index (Phi) is 9.79. The number of hydrogen-bond donors (Lipinski definition) is 0. The third-order valence-corrected chi connectivity index (χ3v) is 3.15. The maximum Gasteiger partial charge on any atom is 0.0757 e. The van der Waals surface area contributed by atoms with E-state index in [1.165, 1.54) is 30.7 Å². The predicted molar refractivity (Wildman–Crippen MR) is 62.3 cm³/mol. The number of carbonyl (C=O) groups excluding carboxylic acids is 1. The molecule has 0 radical (unpaired) electrons. The summed E-state index contributed by atoms with van der Waals surface area (Å²) in [6.07, 6.45) is 0. The van der Waals surface area contributed by atoms with Gasteiger partial charge in [0.15, 0.2) is 0 Å². The van der Waals surface area contributed by atoms with E-state index < -0.39 is 5.97 Å². The van der Waals surface area contributed by atoms with Crippen molar-refractivity contribution in [2.45, 2.75) is 41.5 Å². The van der Waals surface area contributed by atoms with Gasteiger partial charge in [0.1, 0.15) is 0 Å². The number of aliphatic carboxylic acids is 1. The highest BCUT2D eigenvalue weighted by molar-refractivity contribution is 5.66. The third-order valence-electron chi connectivity index (χ3n) is 3.15. The summed E-state index contributed by atoms with van der Waals surface area (Å²) in [6.45, 7) is 17.4. The Hall–Kier alpha value is -0.570. The lowest BCUT2D eigenvalue weighted by Crippen LogP contribution is -2.47. The molecule has 0 spiro atoms. The molecular weight excluding hydrogens is 190 g/mol. The number of carboxylic acid groups (broad SMARTS) is 1. The molecule has 0 unspecified atom stereocenters. The molecule has 0 aliphatic rings. The maximum absolute atomic E-state index is 9.59. The second kappa shape index (κ2) is 8.72. The van der Waals surface area contributed by atoms with Crippen LogP contribution in [0.1, 0.15) is 41.5 Å². The Morgan fingerprint density at radius 2 is 1.20 bits per heavy atom. The summed E-state index contributed by atoms with van der Waals surface area (Å²) in [7, 11) is 0. The van der Waals surface area contributed by atoms with E-state index in [4.69, 9.17) is 0 Å². The van der Waals surface area contributed by atoms with Gasteiger partial charge in [-0.1, -0.05) is 13.8 Å². The van der Waals surface area contributed by atoms with Gasteiger partial charge in [0.25, 0.3) is 0 Å². The van der Waals surface area contributed by atoms with Crippen molar-refractivity contribution in [3.8, 4) is 0 Å². The van der Waals surface area contributed by atoms with E-state index in [1.807, 2.05) is 0 Å². The zero-order valence-electron chi connectivity index (χ0n) is 11.2. The van der Waals surface area contributed by atoms with Crippen LogP contribution in [0.2, 0.25) is 0 Å². The zero-order chi connectivity index (χ0) is 12.5. The van der Waals surface area contributed by atoms with E-state index in [-0.39, 0.29) is 5.92 Å². The first kappa shape index (κ1) is 16.8. The second-order valence-corrected chi connectivity index (χ2v) is 4.08. The minimum Gasteiger partial charge on any atom is -0.550 e. The van der Waals surface area contributed by atoms with E-state index in [9.17, 15) is 9.90 Å². The molecule has 0 atom stereocenters. The lowest BCUT2D eigenvalue weighted by molar-refractivity contribution is -0.921. The van der Waals surface area contributed by atoms with Gasteiger partial charge >= 0.3 is 0 Å². The van der Waals surface area contributed by atoms with Crippen molar-refractivity contribution < 1.29 is 14.4 Å². The fourth-order valence-electron chi connectivity index (χ4n) is 1.34. The van der Waals surface area contributed by atoms with Gasteiger partial charge in [0.05, 0.1) is 26.2 Å². The SMILES string of the molecule is CC(C)C(=O)[O-].CC[N+](CC)(CC)CC. The Bertz CT molecular complexity index is 145. The molecule has 0 N–H and O–H groups in total. The molecule has 3 heteroatoms. The zero-order valence-corrected chi connectivity index (χ0v) is 11.2. The minimum absolute atomic E-state index is 0.343. The summed E-state index contributed by atoms with van der Waals surface area (Å²) in [5, 5.41) is 9.59. The average molecular weight is 217 g/mol. The topological polar surface area (TPSA) is 40.1 Å². The monoisotopic (exact) mass is 217 g/mol. The van der Waals surface area contributed by atoms with Gasteiger partial charge in [-0.2, -0.15) is 0 Å². The van der Waals surface area contributed by atoms with Crippen molar-refractivity contribution >= 4 is 5.97 Å². The molecule has 0 aromatic heterocycles. The highest BCUT2D eigenvalue weighted by Gasteiger charge is 2.16. The molecule has 0 aliphatic heterocycles. The van der Waals surface area contributed by atoms with Crippen LogP contribution in [0.4, 0.5) is 0 Å². The molecule has 0 aromatic rings. The molecule has 3 nitrogen and oxygen atoms in total. The van der Waals surface area contributed by atoms with Gasteiger partial charge in [0, 0.05) is 5.97 Å². The van der Waals surface area contributed by atoms with Crippen molar-refractivity contribution in [3.63, 3.8) is 0 Å². The lowest BCUT2D eigenvalue weighted by Gasteiger charge is -2.34. The number of hydrogen-bond acceptors (Lipinski definition) is 2. The van der Waals surface area contributed by atoms with Crippen molar-refractivity contribution in [2.75, 3.05) is 26.2 Å². The summed E-state index contributed by atoms with van der Waals surface area (Å²) in [6, 6.07) is 0. The summed E-state index contributed by atoms with van der Waals surface area (Å²) in [5.41, 5.74) is 0. The van der Waals surface area contributed by atoms with Gasteiger partial charge in [0.2, 0.25) is 0 Å². The molecular formula is C12H27NO2. The molecule has 0 amide bonds. The van der Waals surface area contributed by atoms with E-state index in [0.717, 1.165) is 0 Å². The molecule has 92 valence electrons. The van der Waals surface area contributed by atoms with Crippen LogP contribution in [0.25, 0.3) is 0 Å². The first-order valence-electron chi connectivity index (χ1n) is 5.94. The number of quaternary nitrogens is 1. The molecule has 0 rings (SSSR count). The summed E-state index contributed by atoms with van der Waals surface area (Å²) in [4.78, 5) is 9.59. The van der Waals surface area contributed by atoms with E-state index >= 15 is 0 Å². The first-order valence-corrected chi connectivity index (χ1v) is 5.94. The van der Waals surface area contributed by atoms with Crippen LogP contribution in [0.15, 0.2) is 0 Å². The fourth-order valence-corrected chi connectivity index (χ4v) is 1.34. The summed E-state index contributed by atoms with van der Waals surface area (Å²) >= 11 is 0. The Balaban J connectivity index is 0. The largest absolute Gasteiger partial charge is 0.550 e. The van der Waals surface area contributed by atoms with E-state index in [2.05, 4.69) is 27.7 Å². The number of nitrogens with zero attached hydrogens (tertiary/aromatic N) is 1. The van der Waals surface area contributed by atoms with Crippen LogP contribution in [-0.4, -0.2) is 36.6 Å². The molecule has 0 saturated carbocycles. The van der Waals surface area contributed by atoms with Crippen LogP contribution in [0.3, 0.4) is 0 Å². The Morgan fingerprint density at radius 1 is 1.00 bits per heavy atom. The van der Waals surface area contributed by atoms with Gasteiger partial charge in [-0.3, -0.25) is 0 Å². The molecule has 0 fully saturated rings. The highest BCUT2D eigenvalue weighted by atomic mass is 16.4. The minimum atomic E-state index is -0.991. The standard InChI is InChI=1S/C8H20N.C4H8O2/c1-5-9(6-2,7-3)8-4;1-3(2)4(5)6/h5-8H2,1-4H3;3H,1-2H3,(H,5,6)/q+1;/p-1. The van der Waals surface area contributed by atoms with Crippen LogP contribution in [0.5, 0.6) is 0 Å². The third kappa shape index (κ3) is 7.37. The maximum atomic E-state index is 9.59. The van der Waals surface area contributed by atoms with Crippen molar-refractivity contribution in [1.82, 2.24) is 0 Å². The molecule has 0 saturated heterocycles. The normalized spacial score (nSPS) is 10.9. The number of carboxylic acids is 1. The lowest BCUT2D eigenvalue weighted by atomic mass is 10.2. The van der Waals surface area contributed by atoms with E-state index in [1.54, 1.807) is 13.8 Å². The predicted octanol–water partition coefficient (Wildman–Crippen LogP) is 1.28.